The van der Waals surface area contributed by atoms with Crippen LogP contribution in [0.15, 0.2) is 48.5 Å². The molecular formula is C21H20FN3O4. The number of carbonyl (C=O) groups is 1. The molecule has 7 nitrogen and oxygen atoms in total. The minimum Gasteiger partial charge on any atom is -0.497 e. The summed E-state index contributed by atoms with van der Waals surface area (Å²) in [6, 6.07) is 12.9. The Balaban J connectivity index is 1.66. The van der Waals surface area contributed by atoms with Crippen molar-refractivity contribution in [3.8, 4) is 23.3 Å². The second-order valence-electron chi connectivity index (χ2n) is 6.10. The molecule has 8 heteroatoms. The van der Waals surface area contributed by atoms with E-state index in [2.05, 4.69) is 15.3 Å². The summed E-state index contributed by atoms with van der Waals surface area (Å²) >= 11 is 0. The second-order valence-corrected chi connectivity index (χ2v) is 6.10. The quantitative estimate of drug-likeness (QED) is 0.648. The van der Waals surface area contributed by atoms with E-state index in [4.69, 9.17) is 14.2 Å². The fourth-order valence-electron chi connectivity index (χ4n) is 2.55. The predicted octanol–water partition coefficient (Wildman–Crippen LogP) is 4.05. The van der Waals surface area contributed by atoms with Gasteiger partial charge in [0, 0.05) is 6.07 Å². The fraction of sp³-hybridized carbons (Fsp3) is 0.190. The first-order valence-electron chi connectivity index (χ1n) is 8.80. The molecule has 1 amide bonds. The average Bonchev–Trinajstić information content (AvgIpc) is 2.71. The van der Waals surface area contributed by atoms with Gasteiger partial charge in [-0.15, -0.1) is 0 Å². The Labute approximate surface area is 167 Å². The molecule has 0 radical (unpaired) electrons. The number of halogens is 1. The lowest BCUT2D eigenvalue weighted by molar-refractivity contribution is -0.118. The molecule has 3 aromatic rings. The number of ether oxygens (including phenoxy) is 3. The Morgan fingerprint density at radius 2 is 1.72 bits per heavy atom. The van der Waals surface area contributed by atoms with Crippen molar-refractivity contribution in [2.24, 2.45) is 0 Å². The molecular weight excluding hydrogens is 377 g/mol. The number of hydrogen-bond donors (Lipinski definition) is 1. The summed E-state index contributed by atoms with van der Waals surface area (Å²) in [6.45, 7) is 3.20. The zero-order valence-electron chi connectivity index (χ0n) is 16.2. The van der Waals surface area contributed by atoms with Crippen LogP contribution in [0.2, 0.25) is 0 Å². The van der Waals surface area contributed by atoms with E-state index in [1.807, 2.05) is 0 Å². The van der Waals surface area contributed by atoms with Crippen LogP contribution < -0.4 is 19.5 Å². The number of aromatic nitrogens is 2. The third-order valence-electron chi connectivity index (χ3n) is 3.96. The van der Waals surface area contributed by atoms with Crippen LogP contribution in [0, 0.1) is 19.7 Å². The van der Waals surface area contributed by atoms with E-state index in [1.54, 1.807) is 57.4 Å². The molecule has 1 heterocycles. The first-order valence-corrected chi connectivity index (χ1v) is 8.80. The lowest BCUT2D eigenvalue weighted by atomic mass is 10.3. The Bertz CT molecular complexity index is 1000. The van der Waals surface area contributed by atoms with Crippen molar-refractivity contribution in [3.05, 3.63) is 65.7 Å². The van der Waals surface area contributed by atoms with Crippen molar-refractivity contribution in [2.75, 3.05) is 19.0 Å². The molecule has 3 rings (SSSR count). The number of aryl methyl sites for hydroxylation is 2. The van der Waals surface area contributed by atoms with E-state index in [0.717, 1.165) is 0 Å². The first kappa shape index (κ1) is 20.1. The van der Waals surface area contributed by atoms with Crippen LogP contribution in [-0.2, 0) is 4.79 Å². The van der Waals surface area contributed by atoms with Crippen LogP contribution in [0.25, 0.3) is 0 Å². The number of amides is 1. The number of benzene rings is 2. The molecule has 1 aromatic heterocycles. The maximum absolute atomic E-state index is 13.7. The van der Waals surface area contributed by atoms with Crippen molar-refractivity contribution in [1.82, 2.24) is 9.97 Å². The van der Waals surface area contributed by atoms with Crippen molar-refractivity contribution >= 4 is 11.6 Å². The Morgan fingerprint density at radius 3 is 2.41 bits per heavy atom. The van der Waals surface area contributed by atoms with Crippen molar-refractivity contribution < 1.29 is 23.4 Å². The number of hydrogen-bond acceptors (Lipinski definition) is 6. The van der Waals surface area contributed by atoms with Gasteiger partial charge in [0.1, 0.15) is 11.5 Å². The van der Waals surface area contributed by atoms with Gasteiger partial charge in [-0.05, 0) is 38.1 Å². The van der Waals surface area contributed by atoms with E-state index < -0.39 is 5.82 Å². The van der Waals surface area contributed by atoms with Crippen LogP contribution >= 0.6 is 0 Å². The molecule has 0 fully saturated rings. The van der Waals surface area contributed by atoms with Gasteiger partial charge in [0.2, 0.25) is 0 Å². The van der Waals surface area contributed by atoms with E-state index in [-0.39, 0.29) is 24.3 Å². The van der Waals surface area contributed by atoms with Crippen LogP contribution in [0.5, 0.6) is 23.3 Å². The molecule has 0 unspecified atom stereocenters. The standard InChI is InChI=1S/C21H20FN3O4/c1-13-20(25-19(26)12-28-16-8-6-7-15(11-16)27-3)14(2)24-21(23-13)29-18-10-5-4-9-17(18)22/h4-11H,12H2,1-3H3,(H,25,26). The van der Waals surface area contributed by atoms with Crippen molar-refractivity contribution in [2.45, 2.75) is 13.8 Å². The summed E-state index contributed by atoms with van der Waals surface area (Å²) < 4.78 is 29.7. The molecule has 150 valence electrons. The molecule has 0 bridgehead atoms. The Morgan fingerprint density at radius 1 is 1.03 bits per heavy atom. The number of nitrogens with one attached hydrogen (secondary N) is 1. The highest BCUT2D eigenvalue weighted by Gasteiger charge is 2.14. The molecule has 0 aliphatic carbocycles. The number of para-hydroxylation sites is 1. The van der Waals surface area contributed by atoms with E-state index >= 15 is 0 Å². The van der Waals surface area contributed by atoms with Gasteiger partial charge in [-0.1, -0.05) is 18.2 Å². The van der Waals surface area contributed by atoms with E-state index in [1.165, 1.54) is 12.1 Å². The van der Waals surface area contributed by atoms with Crippen LogP contribution in [0.4, 0.5) is 10.1 Å². The summed E-state index contributed by atoms with van der Waals surface area (Å²) in [5.41, 5.74) is 1.42. The molecule has 1 N–H and O–H groups in total. The Kier molecular flexibility index (Phi) is 6.23. The summed E-state index contributed by atoms with van der Waals surface area (Å²) in [4.78, 5) is 20.6. The van der Waals surface area contributed by atoms with Gasteiger partial charge in [0.05, 0.1) is 24.2 Å². The molecule has 0 aliphatic rings. The number of carbonyl (C=O) groups excluding carboxylic acids is 1. The summed E-state index contributed by atoms with van der Waals surface area (Å²) in [5, 5.41) is 2.73. The van der Waals surface area contributed by atoms with Crippen LogP contribution in [0.1, 0.15) is 11.4 Å². The lowest BCUT2D eigenvalue weighted by Gasteiger charge is -2.13. The highest BCUT2D eigenvalue weighted by Crippen LogP contribution is 2.25. The number of methoxy groups -OCH3 is 1. The number of rotatable bonds is 7. The van der Waals surface area contributed by atoms with Gasteiger partial charge in [0.25, 0.3) is 5.91 Å². The van der Waals surface area contributed by atoms with Crippen molar-refractivity contribution in [1.29, 1.82) is 0 Å². The Hall–Kier alpha value is -3.68. The molecule has 29 heavy (non-hydrogen) atoms. The summed E-state index contributed by atoms with van der Waals surface area (Å²) in [5.74, 6) is 0.282. The second kappa shape index (κ2) is 9.01. The first-order chi connectivity index (χ1) is 14.0. The largest absolute Gasteiger partial charge is 0.497 e. The van der Waals surface area contributed by atoms with Gasteiger partial charge in [-0.3, -0.25) is 4.79 Å². The third-order valence-corrected chi connectivity index (χ3v) is 3.96. The minimum absolute atomic E-state index is 0.00395. The summed E-state index contributed by atoms with van der Waals surface area (Å²) in [7, 11) is 1.55. The molecule has 2 aromatic carbocycles. The van der Waals surface area contributed by atoms with Gasteiger partial charge < -0.3 is 19.5 Å². The van der Waals surface area contributed by atoms with E-state index in [0.29, 0.717) is 28.6 Å². The average molecular weight is 397 g/mol. The van der Waals surface area contributed by atoms with E-state index in [9.17, 15) is 9.18 Å². The van der Waals surface area contributed by atoms with Gasteiger partial charge >= 0.3 is 6.01 Å². The van der Waals surface area contributed by atoms with Crippen molar-refractivity contribution in [3.63, 3.8) is 0 Å². The summed E-state index contributed by atoms with van der Waals surface area (Å²) in [6.07, 6.45) is 0. The predicted molar refractivity (Wildman–Crippen MR) is 105 cm³/mol. The molecule has 0 aliphatic heterocycles. The van der Waals surface area contributed by atoms with Gasteiger partial charge in [0.15, 0.2) is 18.2 Å². The topological polar surface area (TPSA) is 82.6 Å². The lowest BCUT2D eigenvalue weighted by Crippen LogP contribution is -2.22. The monoisotopic (exact) mass is 397 g/mol. The maximum atomic E-state index is 13.7. The highest BCUT2D eigenvalue weighted by atomic mass is 19.1. The van der Waals surface area contributed by atoms with Gasteiger partial charge in [-0.2, -0.15) is 9.97 Å². The van der Waals surface area contributed by atoms with Crippen LogP contribution in [0.3, 0.4) is 0 Å². The minimum atomic E-state index is -0.515. The maximum Gasteiger partial charge on any atom is 0.322 e. The van der Waals surface area contributed by atoms with Gasteiger partial charge in [-0.25, -0.2) is 4.39 Å². The normalized spacial score (nSPS) is 10.3. The molecule has 0 spiro atoms. The smallest absolute Gasteiger partial charge is 0.322 e. The number of nitrogens with zero attached hydrogens (tertiary/aromatic N) is 2. The fourth-order valence-corrected chi connectivity index (χ4v) is 2.55. The van der Waals surface area contributed by atoms with Crippen LogP contribution in [-0.4, -0.2) is 29.6 Å². The zero-order chi connectivity index (χ0) is 20.8. The highest BCUT2D eigenvalue weighted by molar-refractivity contribution is 5.92. The number of anilines is 1. The molecule has 0 saturated carbocycles. The zero-order valence-corrected chi connectivity index (χ0v) is 16.2. The SMILES string of the molecule is COc1cccc(OCC(=O)Nc2c(C)nc(Oc3ccccc3F)nc2C)c1. The third kappa shape index (κ3) is 5.19. The molecule has 0 atom stereocenters. The molecule has 0 saturated heterocycles.